The summed E-state index contributed by atoms with van der Waals surface area (Å²) < 4.78 is 1.26. The van der Waals surface area contributed by atoms with Gasteiger partial charge < -0.3 is 10.2 Å². The molecule has 1 aliphatic rings. The number of H-pyrrole nitrogens is 1. The Balaban J connectivity index is 1.48. The van der Waals surface area contributed by atoms with E-state index in [1.54, 1.807) is 6.07 Å². The van der Waals surface area contributed by atoms with E-state index in [1.165, 1.54) is 15.8 Å². The first-order valence-electron chi connectivity index (χ1n) is 7.75. The third kappa shape index (κ3) is 2.44. The molecule has 0 aliphatic carbocycles. The van der Waals surface area contributed by atoms with Crippen molar-refractivity contribution in [3.05, 3.63) is 52.4 Å². The zero-order valence-electron chi connectivity index (χ0n) is 12.9. The Morgan fingerprint density at radius 1 is 1.30 bits per heavy atom. The zero-order chi connectivity index (χ0) is 15.8. The summed E-state index contributed by atoms with van der Waals surface area (Å²) in [7, 11) is 0. The van der Waals surface area contributed by atoms with Crippen molar-refractivity contribution in [1.82, 2.24) is 19.8 Å². The second-order valence-corrected chi connectivity index (χ2v) is 5.82. The number of para-hydroxylation sites is 1. The maximum atomic E-state index is 11.6. The number of aromatic nitrogens is 4. The van der Waals surface area contributed by atoms with Crippen LogP contribution >= 0.6 is 0 Å². The predicted molar refractivity (Wildman–Crippen MR) is 89.1 cm³/mol. The molecule has 0 saturated carbocycles. The average molecular weight is 310 g/mol. The molecule has 0 radical (unpaired) electrons. The van der Waals surface area contributed by atoms with Crippen LogP contribution in [0.5, 0.6) is 0 Å². The second-order valence-electron chi connectivity index (χ2n) is 5.82. The van der Waals surface area contributed by atoms with E-state index in [1.807, 2.05) is 6.07 Å². The molecule has 2 aromatic heterocycles. The van der Waals surface area contributed by atoms with Crippen LogP contribution in [-0.2, 0) is 6.42 Å². The summed E-state index contributed by atoms with van der Waals surface area (Å²) >= 11 is 0. The topological polar surface area (TPSA) is 78.3 Å². The smallest absolute Gasteiger partial charge is 0.364 e. The number of fused-ring (bicyclic) bond motifs is 2. The minimum absolute atomic E-state index is 0.329. The predicted octanol–water partition coefficient (Wildman–Crippen LogP) is 1.28. The normalized spacial score (nSPS) is 14.9. The first-order valence-corrected chi connectivity index (χ1v) is 7.75. The van der Waals surface area contributed by atoms with Gasteiger partial charge in [0.25, 0.3) is 0 Å². The van der Waals surface area contributed by atoms with Crippen LogP contribution in [0, 0.1) is 0 Å². The van der Waals surface area contributed by atoms with Crippen LogP contribution in [-0.4, -0.2) is 38.9 Å². The molecule has 0 saturated heterocycles. The van der Waals surface area contributed by atoms with Gasteiger partial charge in [-0.15, -0.1) is 5.10 Å². The summed E-state index contributed by atoms with van der Waals surface area (Å²) in [6, 6.07) is 12.5. The molecule has 3 aromatic rings. The summed E-state index contributed by atoms with van der Waals surface area (Å²) in [5, 5.41) is 13.8. The average Bonchev–Trinajstić information content (AvgIpc) is 3.17. The fourth-order valence-electron chi connectivity index (χ4n) is 3.08. The van der Waals surface area contributed by atoms with Crippen molar-refractivity contribution in [2.75, 3.05) is 23.3 Å². The van der Waals surface area contributed by atoms with Gasteiger partial charge in [0, 0.05) is 24.8 Å². The van der Waals surface area contributed by atoms with E-state index >= 15 is 0 Å². The molecule has 118 valence electrons. The molecule has 0 bridgehead atoms. The fraction of sp³-hybridized carbons (Fsp3) is 0.312. The molecule has 23 heavy (non-hydrogen) atoms. The molecular weight excluding hydrogens is 292 g/mol. The molecule has 1 unspecified atom stereocenters. The third-order valence-electron chi connectivity index (χ3n) is 4.31. The van der Waals surface area contributed by atoms with Gasteiger partial charge in [0.2, 0.25) is 0 Å². The van der Waals surface area contributed by atoms with Crippen LogP contribution < -0.4 is 15.9 Å². The SMILES string of the molecule is CC(CNc1ccc2n[nH]c(=O)n2n1)N1CCc2ccccc21. The summed E-state index contributed by atoms with van der Waals surface area (Å²) in [4.78, 5) is 14.0. The Kier molecular flexibility index (Phi) is 3.25. The van der Waals surface area contributed by atoms with Gasteiger partial charge in [0.15, 0.2) is 5.65 Å². The quantitative estimate of drug-likeness (QED) is 0.759. The van der Waals surface area contributed by atoms with Gasteiger partial charge in [0.1, 0.15) is 5.82 Å². The number of nitrogens with one attached hydrogen (secondary N) is 2. The lowest BCUT2D eigenvalue weighted by Gasteiger charge is -2.27. The van der Waals surface area contributed by atoms with E-state index in [0.29, 0.717) is 17.5 Å². The molecule has 3 heterocycles. The van der Waals surface area contributed by atoms with E-state index < -0.39 is 0 Å². The molecule has 1 aliphatic heterocycles. The number of rotatable bonds is 4. The monoisotopic (exact) mass is 310 g/mol. The van der Waals surface area contributed by atoms with Crippen LogP contribution in [0.2, 0.25) is 0 Å². The number of nitrogens with zero attached hydrogens (tertiary/aromatic N) is 4. The Hall–Kier alpha value is -2.83. The van der Waals surface area contributed by atoms with Gasteiger partial charge in [0.05, 0.1) is 0 Å². The Morgan fingerprint density at radius 3 is 3.09 bits per heavy atom. The van der Waals surface area contributed by atoms with E-state index in [0.717, 1.165) is 19.5 Å². The Labute approximate surface area is 132 Å². The lowest BCUT2D eigenvalue weighted by molar-refractivity contribution is 0.677. The number of aromatic amines is 1. The molecule has 0 spiro atoms. The van der Waals surface area contributed by atoms with Crippen molar-refractivity contribution < 1.29 is 0 Å². The molecule has 7 heteroatoms. The molecule has 4 rings (SSSR count). The van der Waals surface area contributed by atoms with Gasteiger partial charge in [-0.3, -0.25) is 0 Å². The number of anilines is 2. The van der Waals surface area contributed by atoms with Crippen LogP contribution in [0.1, 0.15) is 12.5 Å². The maximum absolute atomic E-state index is 11.6. The van der Waals surface area contributed by atoms with Crippen molar-refractivity contribution in [2.45, 2.75) is 19.4 Å². The maximum Gasteiger partial charge on any atom is 0.364 e. The fourth-order valence-corrected chi connectivity index (χ4v) is 3.08. The van der Waals surface area contributed by atoms with Crippen molar-refractivity contribution >= 4 is 17.2 Å². The zero-order valence-corrected chi connectivity index (χ0v) is 12.9. The Morgan fingerprint density at radius 2 is 2.17 bits per heavy atom. The van der Waals surface area contributed by atoms with Crippen LogP contribution in [0.25, 0.3) is 5.65 Å². The second kappa shape index (κ2) is 5.42. The van der Waals surface area contributed by atoms with Gasteiger partial charge in [-0.1, -0.05) is 18.2 Å². The van der Waals surface area contributed by atoms with E-state index in [4.69, 9.17) is 0 Å². The van der Waals surface area contributed by atoms with Gasteiger partial charge in [-0.25, -0.2) is 9.89 Å². The molecule has 0 amide bonds. The van der Waals surface area contributed by atoms with Crippen LogP contribution in [0.4, 0.5) is 11.5 Å². The number of hydrogen-bond donors (Lipinski definition) is 2. The highest BCUT2D eigenvalue weighted by molar-refractivity contribution is 5.58. The van der Waals surface area contributed by atoms with Crippen molar-refractivity contribution in [2.24, 2.45) is 0 Å². The highest BCUT2D eigenvalue weighted by Gasteiger charge is 2.22. The van der Waals surface area contributed by atoms with E-state index in [2.05, 4.69) is 56.7 Å². The van der Waals surface area contributed by atoms with Crippen molar-refractivity contribution in [1.29, 1.82) is 0 Å². The molecular formula is C16H18N6O. The first-order chi connectivity index (χ1) is 11.2. The summed E-state index contributed by atoms with van der Waals surface area (Å²) in [6.45, 7) is 3.98. The lowest BCUT2D eigenvalue weighted by atomic mass is 10.2. The van der Waals surface area contributed by atoms with Crippen molar-refractivity contribution in [3.63, 3.8) is 0 Å². The molecule has 2 N–H and O–H groups in total. The third-order valence-corrected chi connectivity index (χ3v) is 4.31. The highest BCUT2D eigenvalue weighted by atomic mass is 16.2. The van der Waals surface area contributed by atoms with Gasteiger partial charge >= 0.3 is 5.69 Å². The van der Waals surface area contributed by atoms with Crippen molar-refractivity contribution in [3.8, 4) is 0 Å². The van der Waals surface area contributed by atoms with Gasteiger partial charge in [-0.2, -0.15) is 9.61 Å². The minimum Gasteiger partial charge on any atom is -0.367 e. The Bertz CT molecular complexity index is 899. The molecule has 0 fully saturated rings. The molecule has 7 nitrogen and oxygen atoms in total. The summed E-state index contributed by atoms with van der Waals surface area (Å²) in [5.41, 5.74) is 2.91. The summed E-state index contributed by atoms with van der Waals surface area (Å²) in [6.07, 6.45) is 1.09. The van der Waals surface area contributed by atoms with Gasteiger partial charge in [-0.05, 0) is 37.1 Å². The lowest BCUT2D eigenvalue weighted by Crippen LogP contribution is -2.36. The minimum atomic E-state index is -0.329. The largest absolute Gasteiger partial charge is 0.367 e. The highest BCUT2D eigenvalue weighted by Crippen LogP contribution is 2.29. The standard InChI is InChI=1S/C16H18N6O/c1-11(21-9-8-12-4-2-3-5-13(12)21)10-17-14-6-7-15-18-19-16(23)22(15)20-14/h2-7,11H,8-10H2,1H3,(H,17,20)(H,19,23). The molecule has 1 atom stereocenters. The van der Waals surface area contributed by atoms with Crippen LogP contribution in [0.3, 0.4) is 0 Å². The van der Waals surface area contributed by atoms with Crippen LogP contribution in [0.15, 0.2) is 41.2 Å². The number of hydrogen-bond acceptors (Lipinski definition) is 5. The number of benzene rings is 1. The molecule has 1 aromatic carbocycles. The first kappa shape index (κ1) is 13.8. The van der Waals surface area contributed by atoms with E-state index in [9.17, 15) is 4.79 Å². The van der Waals surface area contributed by atoms with E-state index in [-0.39, 0.29) is 5.69 Å². The summed E-state index contributed by atoms with van der Waals surface area (Å²) in [5.74, 6) is 0.667.